The lowest BCUT2D eigenvalue weighted by molar-refractivity contribution is 0.491. The number of benzene rings is 1. The van der Waals surface area contributed by atoms with E-state index in [2.05, 4.69) is 41.3 Å². The van der Waals surface area contributed by atoms with Crippen LogP contribution in [0.1, 0.15) is 37.9 Å². The van der Waals surface area contributed by atoms with Crippen molar-refractivity contribution in [2.75, 3.05) is 0 Å². The Hall–Kier alpha value is -1.65. The molecule has 21 heavy (non-hydrogen) atoms. The van der Waals surface area contributed by atoms with Crippen molar-refractivity contribution < 1.29 is 0 Å². The van der Waals surface area contributed by atoms with E-state index in [9.17, 15) is 0 Å². The number of nitrogens with zero attached hydrogens (tertiary/aromatic N) is 2. The largest absolute Gasteiger partial charge is 0.331 e. The maximum atomic E-state index is 5.77. The molecule has 3 N–H and O–H groups in total. The molecule has 3 rings (SSSR count). The smallest absolute Gasteiger partial charge is 0.111 e. The molecular formula is C17H24N4. The first-order valence-corrected chi connectivity index (χ1v) is 7.82. The quantitative estimate of drug-likeness (QED) is 0.504. The Bertz CT molecular complexity index is 641. The lowest BCUT2D eigenvalue weighted by Crippen LogP contribution is -2.37. The molecule has 0 saturated carbocycles. The van der Waals surface area contributed by atoms with Crippen LogP contribution in [0.15, 0.2) is 35.9 Å². The van der Waals surface area contributed by atoms with Crippen LogP contribution in [0, 0.1) is 0 Å². The Morgan fingerprint density at radius 3 is 2.86 bits per heavy atom. The second kappa shape index (κ2) is 6.41. The van der Waals surface area contributed by atoms with Crippen LogP contribution < -0.4 is 11.3 Å². The molecule has 0 bridgehead atoms. The summed E-state index contributed by atoms with van der Waals surface area (Å²) in [5.41, 5.74) is 6.76. The van der Waals surface area contributed by atoms with E-state index in [4.69, 9.17) is 10.8 Å². The van der Waals surface area contributed by atoms with Crippen molar-refractivity contribution in [3.63, 3.8) is 0 Å². The molecule has 0 saturated heterocycles. The number of rotatable bonds is 5. The van der Waals surface area contributed by atoms with Crippen molar-refractivity contribution in [3.8, 4) is 0 Å². The summed E-state index contributed by atoms with van der Waals surface area (Å²) in [7, 11) is 2.08. The number of hydrogen-bond donors (Lipinski definition) is 2. The number of aromatic nitrogens is 2. The highest BCUT2D eigenvalue weighted by molar-refractivity contribution is 5.75. The third-order valence-electron chi connectivity index (χ3n) is 4.44. The number of aryl methyl sites for hydroxylation is 1. The van der Waals surface area contributed by atoms with E-state index in [1.54, 1.807) is 5.57 Å². The van der Waals surface area contributed by atoms with Crippen LogP contribution in [-0.4, -0.2) is 15.6 Å². The number of hydrogen-bond acceptors (Lipinski definition) is 3. The predicted octanol–water partition coefficient (Wildman–Crippen LogP) is 2.84. The standard InChI is InChI=1S/C17H24N4/c1-21-16-10-6-5-9-15(16)19-17(21)12-14(20-18)11-13-7-3-2-4-8-13/h5-7,9-10,14,20H,2-4,8,11-12,18H2,1H3. The number of nitrogens with one attached hydrogen (secondary N) is 1. The molecule has 1 aromatic heterocycles. The summed E-state index contributed by atoms with van der Waals surface area (Å²) in [5.74, 6) is 6.86. The molecule has 0 aliphatic heterocycles. The maximum Gasteiger partial charge on any atom is 0.111 e. The van der Waals surface area contributed by atoms with Crippen molar-refractivity contribution in [2.45, 2.75) is 44.6 Å². The van der Waals surface area contributed by atoms with Gasteiger partial charge in [0, 0.05) is 19.5 Å². The lowest BCUT2D eigenvalue weighted by atomic mass is 9.93. The second-order valence-corrected chi connectivity index (χ2v) is 5.96. The minimum Gasteiger partial charge on any atom is -0.331 e. The molecule has 1 aliphatic carbocycles. The molecule has 1 aliphatic rings. The maximum absolute atomic E-state index is 5.77. The Morgan fingerprint density at radius 2 is 2.14 bits per heavy atom. The fraction of sp³-hybridized carbons (Fsp3) is 0.471. The number of para-hydroxylation sites is 2. The summed E-state index contributed by atoms with van der Waals surface area (Å²) >= 11 is 0. The highest BCUT2D eigenvalue weighted by Gasteiger charge is 2.16. The number of fused-ring (bicyclic) bond motifs is 1. The average molecular weight is 284 g/mol. The zero-order valence-electron chi connectivity index (χ0n) is 12.7. The highest BCUT2D eigenvalue weighted by Crippen LogP contribution is 2.23. The van der Waals surface area contributed by atoms with Gasteiger partial charge in [0.25, 0.3) is 0 Å². The highest BCUT2D eigenvalue weighted by atomic mass is 15.2. The first kappa shape index (κ1) is 14.3. The van der Waals surface area contributed by atoms with E-state index >= 15 is 0 Å². The van der Waals surface area contributed by atoms with Gasteiger partial charge in [-0.15, -0.1) is 0 Å². The molecule has 4 nitrogen and oxygen atoms in total. The van der Waals surface area contributed by atoms with E-state index in [-0.39, 0.29) is 6.04 Å². The van der Waals surface area contributed by atoms with E-state index in [1.165, 1.54) is 31.2 Å². The fourth-order valence-electron chi connectivity index (χ4n) is 3.19. The molecule has 0 spiro atoms. The van der Waals surface area contributed by atoms with Crippen LogP contribution in [0.25, 0.3) is 11.0 Å². The predicted molar refractivity (Wildman–Crippen MR) is 86.7 cm³/mol. The molecule has 0 amide bonds. The van der Waals surface area contributed by atoms with Crippen LogP contribution >= 0.6 is 0 Å². The molecule has 0 fully saturated rings. The van der Waals surface area contributed by atoms with Gasteiger partial charge in [-0.3, -0.25) is 11.3 Å². The first-order chi connectivity index (χ1) is 10.3. The van der Waals surface area contributed by atoms with Crippen molar-refractivity contribution in [1.29, 1.82) is 0 Å². The Balaban J connectivity index is 1.75. The Labute approximate surface area is 126 Å². The van der Waals surface area contributed by atoms with Gasteiger partial charge in [0.15, 0.2) is 0 Å². The van der Waals surface area contributed by atoms with Crippen molar-refractivity contribution in [2.24, 2.45) is 12.9 Å². The average Bonchev–Trinajstić information content (AvgIpc) is 2.84. The summed E-state index contributed by atoms with van der Waals surface area (Å²) in [4.78, 5) is 4.74. The van der Waals surface area contributed by atoms with E-state index in [0.717, 1.165) is 24.2 Å². The molecule has 1 aromatic carbocycles. The molecule has 1 heterocycles. The normalized spacial score (nSPS) is 17.0. The van der Waals surface area contributed by atoms with Crippen LogP contribution in [0.2, 0.25) is 0 Å². The van der Waals surface area contributed by atoms with Gasteiger partial charge in [-0.25, -0.2) is 4.98 Å². The molecule has 112 valence electrons. The molecule has 2 aromatic rings. The Kier molecular flexibility index (Phi) is 4.36. The van der Waals surface area contributed by atoms with Gasteiger partial charge in [0.05, 0.1) is 11.0 Å². The summed E-state index contributed by atoms with van der Waals surface area (Å²) in [5, 5.41) is 0. The van der Waals surface area contributed by atoms with E-state index < -0.39 is 0 Å². The monoisotopic (exact) mass is 284 g/mol. The zero-order valence-corrected chi connectivity index (χ0v) is 12.7. The molecule has 4 heteroatoms. The molecular weight excluding hydrogens is 260 g/mol. The first-order valence-electron chi connectivity index (χ1n) is 7.82. The van der Waals surface area contributed by atoms with Crippen molar-refractivity contribution >= 4 is 11.0 Å². The third-order valence-corrected chi connectivity index (χ3v) is 4.44. The second-order valence-electron chi connectivity index (χ2n) is 5.96. The lowest BCUT2D eigenvalue weighted by Gasteiger charge is -2.20. The number of nitrogens with two attached hydrogens (primary N) is 1. The fourth-order valence-corrected chi connectivity index (χ4v) is 3.19. The summed E-state index contributed by atoms with van der Waals surface area (Å²) < 4.78 is 2.18. The third kappa shape index (κ3) is 3.17. The van der Waals surface area contributed by atoms with Gasteiger partial charge in [-0.2, -0.15) is 0 Å². The van der Waals surface area contributed by atoms with Gasteiger partial charge in [-0.05, 0) is 44.2 Å². The molecule has 0 radical (unpaired) electrons. The van der Waals surface area contributed by atoms with Crippen LogP contribution in [0.5, 0.6) is 0 Å². The van der Waals surface area contributed by atoms with Crippen LogP contribution in [0.3, 0.4) is 0 Å². The summed E-state index contributed by atoms with van der Waals surface area (Å²) in [6.07, 6.45) is 9.37. The van der Waals surface area contributed by atoms with Crippen molar-refractivity contribution in [1.82, 2.24) is 15.0 Å². The number of allylic oxidation sites excluding steroid dienone is 1. The number of imidazole rings is 1. The van der Waals surface area contributed by atoms with Crippen LogP contribution in [-0.2, 0) is 13.5 Å². The minimum atomic E-state index is 0.255. The van der Waals surface area contributed by atoms with E-state index in [1.807, 2.05) is 6.07 Å². The van der Waals surface area contributed by atoms with Gasteiger partial charge in [-0.1, -0.05) is 23.8 Å². The van der Waals surface area contributed by atoms with Gasteiger partial charge in [0.1, 0.15) is 5.82 Å². The summed E-state index contributed by atoms with van der Waals surface area (Å²) in [6, 6.07) is 8.52. The SMILES string of the molecule is Cn1c(CC(CC2=CCCCC2)NN)nc2ccccc21. The molecule has 1 unspecified atom stereocenters. The zero-order chi connectivity index (χ0) is 14.7. The van der Waals surface area contributed by atoms with Gasteiger partial charge >= 0.3 is 0 Å². The molecule has 1 atom stereocenters. The van der Waals surface area contributed by atoms with E-state index in [0.29, 0.717) is 0 Å². The van der Waals surface area contributed by atoms with Crippen molar-refractivity contribution in [3.05, 3.63) is 41.7 Å². The topological polar surface area (TPSA) is 55.9 Å². The van der Waals surface area contributed by atoms with Gasteiger partial charge in [0.2, 0.25) is 0 Å². The van der Waals surface area contributed by atoms with Crippen LogP contribution in [0.4, 0.5) is 0 Å². The Morgan fingerprint density at radius 1 is 1.29 bits per heavy atom. The summed E-state index contributed by atoms with van der Waals surface area (Å²) in [6.45, 7) is 0. The van der Waals surface area contributed by atoms with Gasteiger partial charge < -0.3 is 4.57 Å². The number of hydrazine groups is 1. The minimum absolute atomic E-state index is 0.255.